The van der Waals surface area contributed by atoms with Crippen LogP contribution in [0.1, 0.15) is 23.1 Å². The number of sulfonamides is 1. The lowest BCUT2D eigenvalue weighted by molar-refractivity contribution is 0.581. The summed E-state index contributed by atoms with van der Waals surface area (Å²) in [5.41, 5.74) is 8.65. The number of aromatic amines is 1. The van der Waals surface area contributed by atoms with Crippen molar-refractivity contribution >= 4 is 15.8 Å². The summed E-state index contributed by atoms with van der Waals surface area (Å²) in [6.07, 6.45) is 4.60. The van der Waals surface area contributed by atoms with Crippen LogP contribution in [0.5, 0.6) is 0 Å². The van der Waals surface area contributed by atoms with Gasteiger partial charge in [-0.2, -0.15) is 5.10 Å². The summed E-state index contributed by atoms with van der Waals surface area (Å²) < 4.78 is 27.1. The summed E-state index contributed by atoms with van der Waals surface area (Å²) >= 11 is 0. The Morgan fingerprint density at radius 1 is 1.30 bits per heavy atom. The molecule has 0 fully saturated rings. The number of anilines is 1. The molecule has 106 valence electrons. The second-order valence-corrected chi connectivity index (χ2v) is 6.68. The number of nitrogens with one attached hydrogen (secondary N) is 2. The van der Waals surface area contributed by atoms with E-state index in [1.807, 2.05) is 6.07 Å². The standard InChI is InChI=1S/C13H16N4O2S/c14-13-11(7-15-17-13)8-16-20(18,19)12-5-4-9-2-1-3-10(9)6-12/h4-7,16H,1-3,8H2,(H3,14,15,17). The minimum absolute atomic E-state index is 0.127. The van der Waals surface area contributed by atoms with E-state index in [1.165, 1.54) is 11.8 Å². The highest BCUT2D eigenvalue weighted by Gasteiger charge is 2.18. The predicted molar refractivity (Wildman–Crippen MR) is 75.5 cm³/mol. The molecule has 1 heterocycles. The van der Waals surface area contributed by atoms with Crippen molar-refractivity contribution in [1.82, 2.24) is 14.9 Å². The quantitative estimate of drug-likeness (QED) is 0.781. The van der Waals surface area contributed by atoms with E-state index in [2.05, 4.69) is 14.9 Å². The van der Waals surface area contributed by atoms with E-state index in [9.17, 15) is 8.42 Å². The van der Waals surface area contributed by atoms with Crippen LogP contribution in [0.3, 0.4) is 0 Å². The van der Waals surface area contributed by atoms with Crippen LogP contribution in [0.2, 0.25) is 0 Å². The minimum Gasteiger partial charge on any atom is -0.384 e. The monoisotopic (exact) mass is 292 g/mol. The first-order chi connectivity index (χ1) is 9.56. The summed E-state index contributed by atoms with van der Waals surface area (Å²) in [6.45, 7) is 0.127. The maximum absolute atomic E-state index is 12.3. The molecule has 0 aliphatic heterocycles. The third-order valence-corrected chi connectivity index (χ3v) is 4.98. The zero-order valence-electron chi connectivity index (χ0n) is 10.9. The van der Waals surface area contributed by atoms with Gasteiger partial charge in [0, 0.05) is 12.1 Å². The number of rotatable bonds is 4. The van der Waals surface area contributed by atoms with E-state index in [0.717, 1.165) is 24.8 Å². The van der Waals surface area contributed by atoms with Gasteiger partial charge < -0.3 is 5.73 Å². The Hall–Kier alpha value is -1.86. The maximum atomic E-state index is 12.3. The Morgan fingerprint density at radius 2 is 2.10 bits per heavy atom. The maximum Gasteiger partial charge on any atom is 0.240 e. The number of aryl methyl sites for hydroxylation is 2. The van der Waals surface area contributed by atoms with Gasteiger partial charge in [0.15, 0.2) is 0 Å². The number of H-pyrrole nitrogens is 1. The highest BCUT2D eigenvalue weighted by molar-refractivity contribution is 7.89. The van der Waals surface area contributed by atoms with Crippen LogP contribution in [0.4, 0.5) is 5.82 Å². The molecule has 0 bridgehead atoms. The molecule has 6 nitrogen and oxygen atoms in total. The molecule has 0 amide bonds. The molecule has 3 rings (SSSR count). The molecular weight excluding hydrogens is 276 g/mol. The molecule has 1 aromatic carbocycles. The van der Waals surface area contributed by atoms with Crippen LogP contribution in [-0.2, 0) is 29.4 Å². The normalized spacial score (nSPS) is 14.4. The fourth-order valence-corrected chi connectivity index (χ4v) is 3.49. The second kappa shape index (κ2) is 4.92. The molecule has 20 heavy (non-hydrogen) atoms. The van der Waals surface area contributed by atoms with Gasteiger partial charge in [0.2, 0.25) is 10.0 Å². The van der Waals surface area contributed by atoms with Gasteiger partial charge in [-0.3, -0.25) is 5.10 Å². The van der Waals surface area contributed by atoms with Crippen LogP contribution >= 0.6 is 0 Å². The van der Waals surface area contributed by atoms with Gasteiger partial charge >= 0.3 is 0 Å². The molecule has 4 N–H and O–H groups in total. The van der Waals surface area contributed by atoms with Gasteiger partial charge in [0.25, 0.3) is 0 Å². The molecule has 0 spiro atoms. The molecule has 1 aliphatic rings. The van der Waals surface area contributed by atoms with Gasteiger partial charge in [-0.15, -0.1) is 0 Å². The Bertz CT molecular complexity index is 737. The summed E-state index contributed by atoms with van der Waals surface area (Å²) in [7, 11) is -3.52. The fourth-order valence-electron chi connectivity index (χ4n) is 2.43. The predicted octanol–water partition coefficient (Wildman–Crippen LogP) is 0.959. The van der Waals surface area contributed by atoms with Crippen molar-refractivity contribution < 1.29 is 8.42 Å². The van der Waals surface area contributed by atoms with Crippen LogP contribution in [0, 0.1) is 0 Å². The molecule has 0 saturated heterocycles. The average molecular weight is 292 g/mol. The Morgan fingerprint density at radius 3 is 2.85 bits per heavy atom. The highest BCUT2D eigenvalue weighted by Crippen LogP contribution is 2.24. The zero-order chi connectivity index (χ0) is 14.2. The highest BCUT2D eigenvalue weighted by atomic mass is 32.2. The van der Waals surface area contributed by atoms with Gasteiger partial charge in [-0.05, 0) is 42.5 Å². The van der Waals surface area contributed by atoms with Gasteiger partial charge in [0.1, 0.15) is 5.82 Å². The SMILES string of the molecule is Nc1[nH]ncc1CNS(=O)(=O)c1ccc2c(c1)CCC2. The first-order valence-corrected chi connectivity index (χ1v) is 7.94. The summed E-state index contributed by atoms with van der Waals surface area (Å²) in [5.74, 6) is 0.377. The third kappa shape index (κ3) is 2.41. The number of hydrogen-bond donors (Lipinski definition) is 3. The Labute approximate surface area is 117 Å². The minimum atomic E-state index is -3.52. The van der Waals surface area contributed by atoms with Crippen LogP contribution in [-0.4, -0.2) is 18.6 Å². The molecule has 1 aromatic heterocycles. The molecule has 7 heteroatoms. The van der Waals surface area contributed by atoms with E-state index < -0.39 is 10.0 Å². The van der Waals surface area contributed by atoms with Crippen molar-refractivity contribution in [1.29, 1.82) is 0 Å². The Kier molecular flexibility index (Phi) is 3.23. The molecule has 0 radical (unpaired) electrons. The van der Waals surface area contributed by atoms with E-state index in [1.54, 1.807) is 12.1 Å². The molecule has 0 atom stereocenters. The van der Waals surface area contributed by atoms with Crippen molar-refractivity contribution in [3.05, 3.63) is 41.1 Å². The largest absolute Gasteiger partial charge is 0.384 e. The van der Waals surface area contributed by atoms with Gasteiger partial charge in [-0.25, -0.2) is 13.1 Å². The average Bonchev–Trinajstić information content (AvgIpc) is 3.04. The first kappa shape index (κ1) is 13.1. The van der Waals surface area contributed by atoms with E-state index in [-0.39, 0.29) is 6.54 Å². The fraction of sp³-hybridized carbons (Fsp3) is 0.308. The molecule has 2 aromatic rings. The van der Waals surface area contributed by atoms with Crippen molar-refractivity contribution in [3.63, 3.8) is 0 Å². The summed E-state index contributed by atoms with van der Waals surface area (Å²) in [6, 6.07) is 5.33. The smallest absolute Gasteiger partial charge is 0.240 e. The number of aromatic nitrogens is 2. The third-order valence-electron chi connectivity index (χ3n) is 3.58. The van der Waals surface area contributed by atoms with Crippen LogP contribution < -0.4 is 10.5 Å². The van der Waals surface area contributed by atoms with E-state index >= 15 is 0 Å². The lowest BCUT2D eigenvalue weighted by Gasteiger charge is -2.08. The molecular formula is C13H16N4O2S. The van der Waals surface area contributed by atoms with Crippen LogP contribution in [0.25, 0.3) is 0 Å². The molecule has 0 saturated carbocycles. The summed E-state index contributed by atoms with van der Waals surface area (Å²) in [5, 5.41) is 6.33. The Balaban J connectivity index is 1.80. The number of benzene rings is 1. The van der Waals surface area contributed by atoms with Gasteiger partial charge in [-0.1, -0.05) is 6.07 Å². The van der Waals surface area contributed by atoms with Crippen molar-refractivity contribution in [2.24, 2.45) is 0 Å². The molecule has 1 aliphatic carbocycles. The van der Waals surface area contributed by atoms with Crippen molar-refractivity contribution in [2.45, 2.75) is 30.7 Å². The van der Waals surface area contributed by atoms with Gasteiger partial charge in [0.05, 0.1) is 11.1 Å². The van der Waals surface area contributed by atoms with Crippen LogP contribution in [0.15, 0.2) is 29.3 Å². The van der Waals surface area contributed by atoms with E-state index in [4.69, 9.17) is 5.73 Å². The topological polar surface area (TPSA) is 101 Å². The summed E-state index contributed by atoms with van der Waals surface area (Å²) in [4.78, 5) is 0.306. The van der Waals surface area contributed by atoms with E-state index in [0.29, 0.717) is 16.3 Å². The number of nitrogens with two attached hydrogens (primary N) is 1. The lowest BCUT2D eigenvalue weighted by atomic mass is 10.1. The number of fused-ring (bicyclic) bond motifs is 1. The van der Waals surface area contributed by atoms with Crippen molar-refractivity contribution in [2.75, 3.05) is 5.73 Å². The lowest BCUT2D eigenvalue weighted by Crippen LogP contribution is -2.23. The first-order valence-electron chi connectivity index (χ1n) is 6.45. The second-order valence-electron chi connectivity index (χ2n) is 4.92. The number of nitrogen functional groups attached to an aromatic ring is 1. The molecule has 0 unspecified atom stereocenters. The zero-order valence-corrected chi connectivity index (χ0v) is 11.7. The number of hydrogen-bond acceptors (Lipinski definition) is 4. The number of nitrogens with zero attached hydrogens (tertiary/aromatic N) is 1. The van der Waals surface area contributed by atoms with Crippen molar-refractivity contribution in [3.8, 4) is 0 Å².